The number of hydrogen-bond donors (Lipinski definition) is 1. The van der Waals surface area contributed by atoms with E-state index in [1.54, 1.807) is 0 Å². The van der Waals surface area contributed by atoms with Crippen molar-refractivity contribution < 1.29 is 0 Å². The smallest absolute Gasteiger partial charge is 0.0386 e. The molecule has 1 nitrogen and oxygen atoms in total. The van der Waals surface area contributed by atoms with Crippen molar-refractivity contribution in [3.05, 3.63) is 22.4 Å². The highest BCUT2D eigenvalue weighted by atomic mass is 32.1. The van der Waals surface area contributed by atoms with Gasteiger partial charge in [-0.1, -0.05) is 46.1 Å². The predicted molar refractivity (Wildman–Crippen MR) is 78.7 cm³/mol. The lowest BCUT2D eigenvalue weighted by Crippen LogP contribution is -2.31. The van der Waals surface area contributed by atoms with Crippen molar-refractivity contribution >= 4 is 11.3 Å². The molecule has 1 atom stereocenters. The SMILES string of the molecule is CCCCCC(C)(C)CNC(C)c1cccs1. The molecule has 1 heterocycles. The van der Waals surface area contributed by atoms with Crippen LogP contribution in [0.1, 0.15) is 64.3 Å². The van der Waals surface area contributed by atoms with Crippen LogP contribution in [-0.2, 0) is 0 Å². The van der Waals surface area contributed by atoms with E-state index in [-0.39, 0.29) is 0 Å². The van der Waals surface area contributed by atoms with Gasteiger partial charge in [0.1, 0.15) is 0 Å². The number of rotatable bonds is 8. The van der Waals surface area contributed by atoms with Crippen LogP contribution in [0.25, 0.3) is 0 Å². The summed E-state index contributed by atoms with van der Waals surface area (Å²) in [7, 11) is 0. The van der Waals surface area contributed by atoms with Gasteiger partial charge in [-0.05, 0) is 30.2 Å². The maximum absolute atomic E-state index is 3.66. The number of thiophene rings is 1. The fraction of sp³-hybridized carbons (Fsp3) is 0.733. The summed E-state index contributed by atoms with van der Waals surface area (Å²) in [6.07, 6.45) is 5.36. The second-order valence-electron chi connectivity index (χ2n) is 5.74. The summed E-state index contributed by atoms with van der Waals surface area (Å²) >= 11 is 1.84. The molecule has 1 aromatic rings. The standard InChI is InChI=1S/C15H27NS/c1-5-6-7-10-15(3,4)12-16-13(2)14-9-8-11-17-14/h8-9,11,13,16H,5-7,10,12H2,1-4H3. The Hall–Kier alpha value is -0.340. The third kappa shape index (κ3) is 5.69. The van der Waals surface area contributed by atoms with E-state index in [0.29, 0.717) is 11.5 Å². The number of nitrogens with one attached hydrogen (secondary N) is 1. The summed E-state index contributed by atoms with van der Waals surface area (Å²) < 4.78 is 0. The minimum absolute atomic E-state index is 0.417. The van der Waals surface area contributed by atoms with E-state index in [9.17, 15) is 0 Å². The predicted octanol–water partition coefficient (Wildman–Crippen LogP) is 5.01. The van der Waals surface area contributed by atoms with Crippen LogP contribution in [0, 0.1) is 5.41 Å². The Morgan fingerprint density at radius 3 is 2.71 bits per heavy atom. The lowest BCUT2D eigenvalue weighted by atomic mass is 9.86. The van der Waals surface area contributed by atoms with E-state index in [1.807, 2.05) is 11.3 Å². The molecule has 0 aliphatic carbocycles. The summed E-state index contributed by atoms with van der Waals surface area (Å²) in [5.41, 5.74) is 0.417. The molecule has 98 valence electrons. The van der Waals surface area contributed by atoms with Crippen LogP contribution in [0.2, 0.25) is 0 Å². The molecule has 0 aliphatic rings. The van der Waals surface area contributed by atoms with E-state index in [4.69, 9.17) is 0 Å². The van der Waals surface area contributed by atoms with Crippen LogP contribution in [0.15, 0.2) is 17.5 Å². The van der Waals surface area contributed by atoms with Crippen LogP contribution in [-0.4, -0.2) is 6.54 Å². The van der Waals surface area contributed by atoms with E-state index >= 15 is 0 Å². The zero-order valence-corrected chi connectivity index (χ0v) is 12.6. The molecule has 17 heavy (non-hydrogen) atoms. The third-order valence-electron chi connectivity index (χ3n) is 3.31. The van der Waals surface area contributed by atoms with Crippen molar-refractivity contribution in [3.8, 4) is 0 Å². The van der Waals surface area contributed by atoms with Gasteiger partial charge >= 0.3 is 0 Å². The Kier molecular flexibility index (Phi) is 6.21. The normalized spacial score (nSPS) is 13.9. The summed E-state index contributed by atoms with van der Waals surface area (Å²) in [5.74, 6) is 0. The van der Waals surface area contributed by atoms with Gasteiger partial charge in [-0.2, -0.15) is 0 Å². The molecule has 1 unspecified atom stereocenters. The Morgan fingerprint density at radius 1 is 1.35 bits per heavy atom. The summed E-state index contributed by atoms with van der Waals surface area (Å²) in [4.78, 5) is 1.44. The van der Waals surface area contributed by atoms with Gasteiger partial charge in [0.25, 0.3) is 0 Å². The van der Waals surface area contributed by atoms with Gasteiger partial charge in [0.2, 0.25) is 0 Å². The molecule has 0 spiro atoms. The Balaban J connectivity index is 2.28. The van der Waals surface area contributed by atoms with Gasteiger partial charge in [0.15, 0.2) is 0 Å². The van der Waals surface area contributed by atoms with Crippen LogP contribution in [0.3, 0.4) is 0 Å². The highest BCUT2D eigenvalue weighted by Crippen LogP contribution is 2.25. The van der Waals surface area contributed by atoms with Gasteiger partial charge < -0.3 is 5.32 Å². The topological polar surface area (TPSA) is 12.0 Å². The maximum atomic E-state index is 3.66. The van der Waals surface area contributed by atoms with E-state index in [2.05, 4.69) is 50.5 Å². The molecule has 0 saturated heterocycles. The Morgan fingerprint density at radius 2 is 2.12 bits per heavy atom. The number of unbranched alkanes of at least 4 members (excludes halogenated alkanes) is 2. The van der Waals surface area contributed by atoms with Crippen molar-refractivity contribution in [1.82, 2.24) is 5.32 Å². The molecule has 0 fully saturated rings. The minimum Gasteiger partial charge on any atom is -0.309 e. The van der Waals surface area contributed by atoms with E-state index in [1.165, 1.54) is 30.6 Å². The lowest BCUT2D eigenvalue weighted by molar-refractivity contribution is 0.291. The first-order valence-electron chi connectivity index (χ1n) is 6.82. The zero-order valence-electron chi connectivity index (χ0n) is 11.8. The maximum Gasteiger partial charge on any atom is 0.0386 e. The van der Waals surface area contributed by atoms with E-state index < -0.39 is 0 Å². The molecule has 0 aliphatic heterocycles. The average Bonchev–Trinajstić information content (AvgIpc) is 2.80. The molecule has 2 heteroatoms. The summed E-state index contributed by atoms with van der Waals surface area (Å²) in [5, 5.41) is 5.82. The van der Waals surface area contributed by atoms with Gasteiger partial charge in [0, 0.05) is 17.5 Å². The summed E-state index contributed by atoms with van der Waals surface area (Å²) in [6.45, 7) is 10.4. The molecule has 0 radical (unpaired) electrons. The molecule has 0 aromatic carbocycles. The molecule has 1 aromatic heterocycles. The van der Waals surface area contributed by atoms with Gasteiger partial charge in [-0.15, -0.1) is 11.3 Å². The van der Waals surface area contributed by atoms with Crippen LogP contribution >= 0.6 is 11.3 Å². The van der Waals surface area contributed by atoms with Gasteiger partial charge in [0.05, 0.1) is 0 Å². The van der Waals surface area contributed by atoms with Crippen molar-refractivity contribution in [2.45, 2.75) is 59.4 Å². The zero-order chi connectivity index (χ0) is 12.7. The molecular weight excluding hydrogens is 226 g/mol. The first kappa shape index (κ1) is 14.7. The van der Waals surface area contributed by atoms with Crippen molar-refractivity contribution in [1.29, 1.82) is 0 Å². The van der Waals surface area contributed by atoms with Crippen molar-refractivity contribution in [2.75, 3.05) is 6.54 Å². The highest BCUT2D eigenvalue weighted by Gasteiger charge is 2.18. The third-order valence-corrected chi connectivity index (χ3v) is 4.37. The number of hydrogen-bond acceptors (Lipinski definition) is 2. The van der Waals surface area contributed by atoms with Crippen LogP contribution < -0.4 is 5.32 Å². The second kappa shape index (κ2) is 7.17. The first-order chi connectivity index (χ1) is 8.05. The van der Waals surface area contributed by atoms with E-state index in [0.717, 1.165) is 6.54 Å². The highest BCUT2D eigenvalue weighted by molar-refractivity contribution is 7.10. The first-order valence-corrected chi connectivity index (χ1v) is 7.70. The Bertz CT molecular complexity index is 290. The van der Waals surface area contributed by atoms with Gasteiger partial charge in [-0.25, -0.2) is 0 Å². The molecule has 0 bridgehead atoms. The second-order valence-corrected chi connectivity index (χ2v) is 6.72. The van der Waals surface area contributed by atoms with Crippen molar-refractivity contribution in [3.63, 3.8) is 0 Å². The Labute approximate surface area is 111 Å². The molecule has 1 rings (SSSR count). The molecular formula is C15H27NS. The molecule has 0 amide bonds. The summed E-state index contributed by atoms with van der Waals surface area (Å²) in [6, 6.07) is 4.83. The van der Waals surface area contributed by atoms with Gasteiger partial charge in [-0.3, -0.25) is 0 Å². The molecule has 1 N–H and O–H groups in total. The average molecular weight is 253 g/mol. The monoisotopic (exact) mass is 253 g/mol. The minimum atomic E-state index is 0.417. The molecule has 0 saturated carbocycles. The van der Waals surface area contributed by atoms with Crippen LogP contribution in [0.4, 0.5) is 0 Å². The largest absolute Gasteiger partial charge is 0.309 e. The van der Waals surface area contributed by atoms with Crippen molar-refractivity contribution in [2.24, 2.45) is 5.41 Å². The van der Waals surface area contributed by atoms with Crippen LogP contribution in [0.5, 0.6) is 0 Å². The fourth-order valence-corrected chi connectivity index (χ4v) is 2.77. The fourth-order valence-electron chi connectivity index (χ4n) is 2.01. The quantitative estimate of drug-likeness (QED) is 0.642. The lowest BCUT2D eigenvalue weighted by Gasteiger charge is -2.27.